The summed E-state index contributed by atoms with van der Waals surface area (Å²) in [6.45, 7) is 5.63. The number of aromatic nitrogens is 1. The average molecular weight is 290 g/mol. The van der Waals surface area contributed by atoms with Crippen LogP contribution < -0.4 is 0 Å². The predicted octanol–water partition coefficient (Wildman–Crippen LogP) is 1.39. The molecular weight excluding hydrogens is 272 g/mol. The molecule has 20 heavy (non-hydrogen) atoms. The van der Waals surface area contributed by atoms with E-state index in [-0.39, 0.29) is 17.3 Å². The zero-order valence-corrected chi connectivity index (χ0v) is 12.5. The lowest BCUT2D eigenvalue weighted by molar-refractivity contribution is 0.0742. The quantitative estimate of drug-likeness (QED) is 0.794. The number of rotatable bonds is 1. The second kappa shape index (κ2) is 6.29. The first-order valence-corrected chi connectivity index (χ1v) is 7.49. The monoisotopic (exact) mass is 290 g/mol. The second-order valence-electron chi connectivity index (χ2n) is 5.23. The number of amides is 1. The molecule has 4 nitrogen and oxygen atoms in total. The number of hydrogen-bond acceptors (Lipinski definition) is 4. The number of pyridine rings is 1. The number of nitrogens with zero attached hydrogens (tertiary/aromatic N) is 2. The molecule has 1 fully saturated rings. The molecule has 0 saturated carbocycles. The SMILES string of the molecule is CC1(C)CN(C(=O)c2ccc(C#CCO)cn2)CCS1. The van der Waals surface area contributed by atoms with Gasteiger partial charge >= 0.3 is 0 Å². The van der Waals surface area contributed by atoms with Crippen LogP contribution in [0, 0.1) is 11.8 Å². The molecule has 1 saturated heterocycles. The fraction of sp³-hybridized carbons (Fsp3) is 0.467. The van der Waals surface area contributed by atoms with Gasteiger partial charge in [-0.15, -0.1) is 0 Å². The minimum Gasteiger partial charge on any atom is -0.384 e. The maximum absolute atomic E-state index is 12.4. The van der Waals surface area contributed by atoms with Gasteiger partial charge in [-0.25, -0.2) is 4.98 Å². The van der Waals surface area contributed by atoms with Gasteiger partial charge in [-0.1, -0.05) is 11.8 Å². The first-order valence-electron chi connectivity index (χ1n) is 6.51. The Bertz CT molecular complexity index is 543. The van der Waals surface area contributed by atoms with Crippen molar-refractivity contribution in [3.8, 4) is 11.8 Å². The lowest BCUT2D eigenvalue weighted by atomic mass is 10.1. The van der Waals surface area contributed by atoms with Gasteiger partial charge in [-0.3, -0.25) is 4.79 Å². The van der Waals surface area contributed by atoms with Crippen LogP contribution in [0.3, 0.4) is 0 Å². The topological polar surface area (TPSA) is 53.4 Å². The van der Waals surface area contributed by atoms with E-state index in [1.807, 2.05) is 16.7 Å². The van der Waals surface area contributed by atoms with Crippen molar-refractivity contribution >= 4 is 17.7 Å². The maximum atomic E-state index is 12.4. The molecule has 1 aliphatic rings. The van der Waals surface area contributed by atoms with Crippen molar-refractivity contribution in [2.75, 3.05) is 25.4 Å². The van der Waals surface area contributed by atoms with Gasteiger partial charge in [0.25, 0.3) is 5.91 Å². The normalized spacial score (nSPS) is 17.2. The lowest BCUT2D eigenvalue weighted by Crippen LogP contribution is -2.46. The third kappa shape index (κ3) is 3.75. The molecule has 0 aromatic carbocycles. The van der Waals surface area contributed by atoms with E-state index in [1.54, 1.807) is 18.3 Å². The Morgan fingerprint density at radius 2 is 2.35 bits per heavy atom. The van der Waals surface area contributed by atoms with Gasteiger partial charge in [0.15, 0.2) is 0 Å². The van der Waals surface area contributed by atoms with Gasteiger partial charge in [0.1, 0.15) is 12.3 Å². The highest BCUT2D eigenvalue weighted by Crippen LogP contribution is 2.29. The Morgan fingerprint density at radius 1 is 1.55 bits per heavy atom. The summed E-state index contributed by atoms with van der Waals surface area (Å²) in [5, 5.41) is 8.63. The minimum absolute atomic E-state index is 0.0277. The van der Waals surface area contributed by atoms with E-state index in [0.29, 0.717) is 11.3 Å². The van der Waals surface area contributed by atoms with Gasteiger partial charge in [0.05, 0.1) is 0 Å². The number of thioether (sulfide) groups is 1. The van der Waals surface area contributed by atoms with E-state index in [1.165, 1.54) is 0 Å². The van der Waals surface area contributed by atoms with Crippen LogP contribution in [0.2, 0.25) is 0 Å². The molecule has 0 atom stereocenters. The van der Waals surface area contributed by atoms with Crippen molar-refractivity contribution in [1.29, 1.82) is 0 Å². The Hall–Kier alpha value is -1.51. The van der Waals surface area contributed by atoms with E-state index in [0.717, 1.165) is 18.8 Å². The number of carbonyl (C=O) groups is 1. The van der Waals surface area contributed by atoms with Gasteiger partial charge in [-0.2, -0.15) is 11.8 Å². The Labute approximate surface area is 123 Å². The molecule has 0 unspecified atom stereocenters. The van der Waals surface area contributed by atoms with Crippen LogP contribution in [-0.2, 0) is 0 Å². The van der Waals surface area contributed by atoms with Crippen LogP contribution in [0.1, 0.15) is 29.9 Å². The molecule has 2 heterocycles. The fourth-order valence-electron chi connectivity index (χ4n) is 2.09. The third-order valence-corrected chi connectivity index (χ3v) is 4.30. The summed E-state index contributed by atoms with van der Waals surface area (Å²) in [7, 11) is 0. The molecule has 2 rings (SSSR count). The maximum Gasteiger partial charge on any atom is 0.272 e. The number of carbonyl (C=O) groups excluding carboxylic acids is 1. The molecule has 0 radical (unpaired) electrons. The van der Waals surface area contributed by atoms with Crippen LogP contribution in [0.15, 0.2) is 18.3 Å². The standard InChI is InChI=1S/C15H18N2O2S/c1-15(2)11-17(7-9-20-15)14(19)13-6-5-12(10-16-13)4-3-8-18/h5-6,10,18H,7-9,11H2,1-2H3. The molecule has 1 aromatic heterocycles. The summed E-state index contributed by atoms with van der Waals surface area (Å²) in [5.41, 5.74) is 1.15. The summed E-state index contributed by atoms with van der Waals surface area (Å²) in [6.07, 6.45) is 1.57. The van der Waals surface area contributed by atoms with E-state index < -0.39 is 0 Å². The van der Waals surface area contributed by atoms with Crippen molar-refractivity contribution in [3.05, 3.63) is 29.6 Å². The number of aliphatic hydroxyl groups is 1. The first-order chi connectivity index (χ1) is 9.52. The molecule has 1 aliphatic heterocycles. The molecule has 1 amide bonds. The lowest BCUT2D eigenvalue weighted by Gasteiger charge is -2.37. The summed E-state index contributed by atoms with van der Waals surface area (Å²) >= 11 is 1.89. The first kappa shape index (κ1) is 14.9. The third-order valence-electron chi connectivity index (χ3n) is 3.01. The minimum atomic E-state index is -0.179. The Balaban J connectivity index is 2.09. The van der Waals surface area contributed by atoms with Crippen molar-refractivity contribution < 1.29 is 9.90 Å². The summed E-state index contributed by atoms with van der Waals surface area (Å²) in [4.78, 5) is 18.4. The van der Waals surface area contributed by atoms with Crippen molar-refractivity contribution in [1.82, 2.24) is 9.88 Å². The van der Waals surface area contributed by atoms with Crippen LogP contribution in [0.4, 0.5) is 0 Å². The molecule has 106 valence electrons. The highest BCUT2D eigenvalue weighted by Gasteiger charge is 2.30. The zero-order valence-electron chi connectivity index (χ0n) is 11.7. The fourth-order valence-corrected chi connectivity index (χ4v) is 3.20. The van der Waals surface area contributed by atoms with Gasteiger partial charge in [-0.05, 0) is 26.0 Å². The number of hydrogen-bond donors (Lipinski definition) is 1. The highest BCUT2D eigenvalue weighted by molar-refractivity contribution is 8.00. The summed E-state index contributed by atoms with van der Waals surface area (Å²) in [6, 6.07) is 3.45. The smallest absolute Gasteiger partial charge is 0.272 e. The van der Waals surface area contributed by atoms with Crippen molar-refractivity contribution in [2.24, 2.45) is 0 Å². The van der Waals surface area contributed by atoms with Crippen LogP contribution in [0.25, 0.3) is 0 Å². The van der Waals surface area contributed by atoms with Gasteiger partial charge in [0, 0.05) is 35.3 Å². The van der Waals surface area contributed by atoms with Crippen LogP contribution in [0.5, 0.6) is 0 Å². The second-order valence-corrected chi connectivity index (χ2v) is 7.03. The van der Waals surface area contributed by atoms with E-state index in [9.17, 15) is 4.79 Å². The molecule has 0 aliphatic carbocycles. The average Bonchev–Trinajstić information content (AvgIpc) is 2.44. The predicted molar refractivity (Wildman–Crippen MR) is 80.6 cm³/mol. The van der Waals surface area contributed by atoms with Crippen molar-refractivity contribution in [2.45, 2.75) is 18.6 Å². The zero-order chi connectivity index (χ0) is 14.6. The van der Waals surface area contributed by atoms with E-state index in [2.05, 4.69) is 30.7 Å². The largest absolute Gasteiger partial charge is 0.384 e. The van der Waals surface area contributed by atoms with Gasteiger partial charge < -0.3 is 10.0 Å². The molecule has 0 spiro atoms. The molecule has 1 aromatic rings. The van der Waals surface area contributed by atoms with Crippen molar-refractivity contribution in [3.63, 3.8) is 0 Å². The highest BCUT2D eigenvalue weighted by atomic mass is 32.2. The van der Waals surface area contributed by atoms with Gasteiger partial charge in [0.2, 0.25) is 0 Å². The summed E-state index contributed by atoms with van der Waals surface area (Å²) < 4.78 is 0.0977. The molecule has 0 bridgehead atoms. The Morgan fingerprint density at radius 3 is 2.95 bits per heavy atom. The van der Waals surface area contributed by atoms with E-state index in [4.69, 9.17) is 5.11 Å². The van der Waals surface area contributed by atoms with E-state index >= 15 is 0 Å². The number of aliphatic hydroxyl groups excluding tert-OH is 1. The molecular formula is C15H18N2O2S. The van der Waals surface area contributed by atoms with Crippen LogP contribution >= 0.6 is 11.8 Å². The summed E-state index contributed by atoms with van der Waals surface area (Å²) in [5.74, 6) is 6.25. The Kier molecular flexibility index (Phi) is 4.69. The molecule has 5 heteroatoms. The molecule has 1 N–H and O–H groups in total. The van der Waals surface area contributed by atoms with Crippen LogP contribution in [-0.4, -0.2) is 51.1 Å².